The molecule has 6 rings (SSSR count). The van der Waals surface area contributed by atoms with Crippen LogP contribution in [0.5, 0.6) is 0 Å². The molecular weight excluding hydrogens is 464 g/mol. The van der Waals surface area contributed by atoms with Crippen LogP contribution in [0.4, 0.5) is 5.69 Å². The van der Waals surface area contributed by atoms with E-state index in [2.05, 4.69) is 57.2 Å². The maximum absolute atomic E-state index is 13.8. The molecule has 0 saturated carbocycles. The van der Waals surface area contributed by atoms with Gasteiger partial charge in [0.05, 0.1) is 17.5 Å². The normalized spacial score (nSPS) is 26.8. The average Bonchev–Trinajstić information content (AvgIpc) is 3.26. The van der Waals surface area contributed by atoms with Gasteiger partial charge >= 0.3 is 0 Å². The van der Waals surface area contributed by atoms with Crippen molar-refractivity contribution in [1.82, 2.24) is 4.90 Å². The van der Waals surface area contributed by atoms with Crippen molar-refractivity contribution >= 4 is 33.4 Å². The zero-order valence-corrected chi connectivity index (χ0v) is 19.3. The lowest BCUT2D eigenvalue weighted by Crippen LogP contribution is -2.44. The van der Waals surface area contributed by atoms with Crippen LogP contribution in [0.15, 0.2) is 77.3 Å². The Morgan fingerprint density at radius 2 is 1.47 bits per heavy atom. The molecule has 0 aliphatic carbocycles. The van der Waals surface area contributed by atoms with Gasteiger partial charge in [-0.1, -0.05) is 70.0 Å². The zero-order valence-electron chi connectivity index (χ0n) is 17.7. The molecule has 3 aromatic rings. The Balaban J connectivity index is 1.47. The summed E-state index contributed by atoms with van der Waals surface area (Å²) < 4.78 is 1.01. The number of fused-ring (bicyclic) bond motifs is 4. The van der Waals surface area contributed by atoms with Crippen LogP contribution in [0.25, 0.3) is 0 Å². The van der Waals surface area contributed by atoms with Crippen molar-refractivity contribution in [3.05, 3.63) is 99.5 Å². The third-order valence-electron chi connectivity index (χ3n) is 7.34. The highest BCUT2D eigenvalue weighted by Crippen LogP contribution is 2.53. The number of carbonyl (C=O) groups excluding carboxylic acids is 2. The minimum Gasteiger partial charge on any atom is -0.287 e. The lowest BCUT2D eigenvalue weighted by Gasteiger charge is -2.38. The molecule has 3 aromatic carbocycles. The van der Waals surface area contributed by atoms with E-state index in [1.807, 2.05) is 43.3 Å². The minimum atomic E-state index is -0.371. The summed E-state index contributed by atoms with van der Waals surface area (Å²) in [5.41, 5.74) is 5.46. The molecule has 160 valence electrons. The van der Waals surface area contributed by atoms with Crippen LogP contribution in [-0.4, -0.2) is 22.8 Å². The predicted molar refractivity (Wildman–Crippen MR) is 127 cm³/mol. The number of hydrogen-bond acceptors (Lipinski definition) is 3. The topological polar surface area (TPSA) is 40.6 Å². The van der Waals surface area contributed by atoms with Gasteiger partial charge in [0.25, 0.3) is 0 Å². The summed E-state index contributed by atoms with van der Waals surface area (Å²) in [6, 6.07) is 24.3. The Morgan fingerprint density at radius 1 is 0.812 bits per heavy atom. The van der Waals surface area contributed by atoms with Gasteiger partial charge in [-0.05, 0) is 54.3 Å². The third-order valence-corrected chi connectivity index (χ3v) is 7.87. The first-order valence-corrected chi connectivity index (χ1v) is 11.8. The lowest BCUT2D eigenvalue weighted by atomic mass is 9.84. The largest absolute Gasteiger partial charge is 0.287 e. The molecule has 5 heteroatoms. The Bertz CT molecular complexity index is 1220. The van der Waals surface area contributed by atoms with E-state index in [0.717, 1.165) is 28.6 Å². The molecule has 0 N–H and O–H groups in total. The fraction of sp³-hybridized carbons (Fsp3) is 0.259. The molecule has 2 amide bonds. The fourth-order valence-corrected chi connectivity index (χ4v) is 6.13. The maximum Gasteiger partial charge on any atom is 0.239 e. The average molecular weight is 487 g/mol. The van der Waals surface area contributed by atoms with E-state index in [4.69, 9.17) is 0 Å². The number of rotatable bonds is 2. The monoisotopic (exact) mass is 486 g/mol. The molecule has 1 unspecified atom stereocenters. The smallest absolute Gasteiger partial charge is 0.239 e. The van der Waals surface area contributed by atoms with Crippen molar-refractivity contribution in [2.45, 2.75) is 32.0 Å². The van der Waals surface area contributed by atoms with Crippen LogP contribution in [0.3, 0.4) is 0 Å². The lowest BCUT2D eigenvalue weighted by molar-refractivity contribution is -0.124. The Hall–Kier alpha value is -2.76. The molecular formula is C27H23BrN2O2. The second kappa shape index (κ2) is 7.39. The number of hydrogen-bond donors (Lipinski definition) is 0. The van der Waals surface area contributed by atoms with Crippen LogP contribution in [0.1, 0.15) is 28.3 Å². The summed E-state index contributed by atoms with van der Waals surface area (Å²) in [5, 5.41) is 0. The summed E-state index contributed by atoms with van der Waals surface area (Å²) in [5.74, 6) is -0.830. The number of aryl methyl sites for hydroxylation is 1. The van der Waals surface area contributed by atoms with Crippen molar-refractivity contribution in [3.8, 4) is 0 Å². The molecule has 0 bridgehead atoms. The van der Waals surface area contributed by atoms with Crippen molar-refractivity contribution in [2.24, 2.45) is 11.8 Å². The number of anilines is 1. The molecule has 4 nitrogen and oxygen atoms in total. The number of halogens is 1. The number of amides is 2. The van der Waals surface area contributed by atoms with Gasteiger partial charge in [0, 0.05) is 23.1 Å². The predicted octanol–water partition coefficient (Wildman–Crippen LogP) is 5.04. The molecule has 2 saturated heterocycles. The summed E-state index contributed by atoms with van der Waals surface area (Å²) >= 11 is 3.53. The second-order valence-electron chi connectivity index (χ2n) is 9.11. The summed E-state index contributed by atoms with van der Waals surface area (Å²) in [4.78, 5) is 31.4. The van der Waals surface area contributed by atoms with Crippen LogP contribution < -0.4 is 4.90 Å². The first kappa shape index (κ1) is 19.9. The van der Waals surface area contributed by atoms with Crippen molar-refractivity contribution in [1.29, 1.82) is 0 Å². The molecule has 2 fully saturated rings. The first-order valence-electron chi connectivity index (χ1n) is 11.1. The Morgan fingerprint density at radius 3 is 2.19 bits per heavy atom. The minimum absolute atomic E-state index is 0.0236. The fourth-order valence-electron chi connectivity index (χ4n) is 5.87. The number of nitrogens with zero attached hydrogens (tertiary/aromatic N) is 2. The van der Waals surface area contributed by atoms with Gasteiger partial charge in [0.2, 0.25) is 11.8 Å². The maximum atomic E-state index is 13.8. The van der Waals surface area contributed by atoms with Gasteiger partial charge in [-0.25, -0.2) is 4.90 Å². The van der Waals surface area contributed by atoms with Gasteiger partial charge in [-0.2, -0.15) is 0 Å². The van der Waals surface area contributed by atoms with Gasteiger partial charge in [-0.15, -0.1) is 0 Å². The standard InChI is InChI=1S/C27H23BrN2O2/c1-16-6-12-21(13-7-16)30-26(31)23-22-14-18-4-2-3-5-19(18)15-29(22)25(24(23)27(30)32)17-8-10-20(28)11-9-17/h2-13,22-25H,14-15H2,1H3/t22-,23-,24-,25?/m0/s1. The van der Waals surface area contributed by atoms with Crippen LogP contribution in [-0.2, 0) is 22.6 Å². The quantitative estimate of drug-likeness (QED) is 0.476. The van der Waals surface area contributed by atoms with Crippen LogP contribution in [0, 0.1) is 18.8 Å². The Labute approximate surface area is 196 Å². The van der Waals surface area contributed by atoms with Crippen molar-refractivity contribution in [3.63, 3.8) is 0 Å². The highest BCUT2D eigenvalue weighted by molar-refractivity contribution is 9.10. The number of carbonyl (C=O) groups is 2. The van der Waals surface area contributed by atoms with Crippen LogP contribution in [0.2, 0.25) is 0 Å². The molecule has 0 radical (unpaired) electrons. The molecule has 3 aliphatic heterocycles. The molecule has 3 aliphatic rings. The second-order valence-corrected chi connectivity index (χ2v) is 10.0. The van der Waals surface area contributed by atoms with Gasteiger partial charge in [-0.3, -0.25) is 14.5 Å². The zero-order chi connectivity index (χ0) is 22.0. The van der Waals surface area contributed by atoms with Gasteiger partial charge in [0.15, 0.2) is 0 Å². The number of benzene rings is 3. The molecule has 4 atom stereocenters. The van der Waals surface area contributed by atoms with Crippen molar-refractivity contribution < 1.29 is 9.59 Å². The van der Waals surface area contributed by atoms with Crippen LogP contribution >= 0.6 is 15.9 Å². The first-order chi connectivity index (χ1) is 15.5. The van der Waals surface area contributed by atoms with Crippen molar-refractivity contribution in [2.75, 3.05) is 4.90 Å². The van der Waals surface area contributed by atoms with E-state index >= 15 is 0 Å². The molecule has 0 spiro atoms. The summed E-state index contributed by atoms with van der Waals surface area (Å²) in [6.45, 7) is 2.77. The van der Waals surface area contributed by atoms with E-state index < -0.39 is 0 Å². The molecule has 32 heavy (non-hydrogen) atoms. The third kappa shape index (κ3) is 2.91. The highest BCUT2D eigenvalue weighted by Gasteiger charge is 2.63. The SMILES string of the molecule is Cc1ccc(N2C(=O)[C@@H]3[C@H](C2=O)C(c2ccc(Br)cc2)N2Cc4ccccc4C[C@@H]32)cc1. The van der Waals surface area contributed by atoms with E-state index in [1.54, 1.807) is 0 Å². The van der Waals surface area contributed by atoms with E-state index in [-0.39, 0.29) is 35.7 Å². The van der Waals surface area contributed by atoms with Gasteiger partial charge in [0.1, 0.15) is 0 Å². The number of imide groups is 1. The van der Waals surface area contributed by atoms with Gasteiger partial charge < -0.3 is 0 Å². The summed E-state index contributed by atoms with van der Waals surface area (Å²) in [6.07, 6.45) is 0.797. The van der Waals surface area contributed by atoms with E-state index in [9.17, 15) is 9.59 Å². The highest BCUT2D eigenvalue weighted by atomic mass is 79.9. The molecule has 0 aromatic heterocycles. The summed E-state index contributed by atoms with van der Waals surface area (Å²) in [7, 11) is 0. The molecule has 3 heterocycles. The van der Waals surface area contributed by atoms with E-state index in [0.29, 0.717) is 5.69 Å². The Kier molecular flexibility index (Phi) is 4.60. The van der Waals surface area contributed by atoms with E-state index in [1.165, 1.54) is 16.0 Å².